The van der Waals surface area contributed by atoms with Gasteiger partial charge in [-0.25, -0.2) is 18.4 Å². The molecule has 0 aliphatic carbocycles. The first-order chi connectivity index (χ1) is 18.0. The van der Waals surface area contributed by atoms with E-state index in [1.165, 1.54) is 9.91 Å². The van der Waals surface area contributed by atoms with Crippen molar-refractivity contribution in [2.45, 2.75) is 50.5 Å². The van der Waals surface area contributed by atoms with E-state index in [1.807, 2.05) is 30.3 Å². The van der Waals surface area contributed by atoms with E-state index in [4.69, 9.17) is 4.74 Å². The van der Waals surface area contributed by atoms with Crippen molar-refractivity contribution in [3.63, 3.8) is 0 Å². The quantitative estimate of drug-likeness (QED) is 0.333. The number of nitrogens with one attached hydrogen (secondary N) is 1. The number of hydrogen-bond donors (Lipinski definition) is 1. The average Bonchev–Trinajstić information content (AvgIpc) is 3.26. The van der Waals surface area contributed by atoms with Crippen LogP contribution in [0.2, 0.25) is 0 Å². The van der Waals surface area contributed by atoms with Crippen LogP contribution in [0.5, 0.6) is 0 Å². The third-order valence-electron chi connectivity index (χ3n) is 5.63. The Morgan fingerprint density at radius 2 is 1.89 bits per heavy atom. The molecule has 3 amide bonds. The summed E-state index contributed by atoms with van der Waals surface area (Å²) in [5, 5.41) is 8.62. The Labute approximate surface area is 225 Å². The first-order valence-electron chi connectivity index (χ1n) is 12.2. The van der Waals surface area contributed by atoms with Crippen molar-refractivity contribution in [3.05, 3.63) is 71.3 Å². The molecule has 204 valence electrons. The Kier molecular flexibility index (Phi) is 9.48. The highest BCUT2D eigenvalue weighted by atomic mass is 32.2. The van der Waals surface area contributed by atoms with Crippen molar-refractivity contribution in [2.24, 2.45) is 5.10 Å². The Bertz CT molecular complexity index is 1190. The number of rotatable bonds is 9. The number of benzene rings is 2. The summed E-state index contributed by atoms with van der Waals surface area (Å²) in [6.07, 6.45) is 1.01. The van der Waals surface area contributed by atoms with E-state index < -0.39 is 34.2 Å². The Morgan fingerprint density at radius 3 is 2.55 bits per heavy atom. The molecule has 0 unspecified atom stereocenters. The van der Waals surface area contributed by atoms with Crippen LogP contribution < -0.4 is 5.32 Å². The molecule has 1 aliphatic heterocycles. The van der Waals surface area contributed by atoms with Gasteiger partial charge in [-0.1, -0.05) is 42.1 Å². The highest BCUT2D eigenvalue weighted by Crippen LogP contribution is 2.51. The van der Waals surface area contributed by atoms with Crippen LogP contribution in [0.25, 0.3) is 0 Å². The van der Waals surface area contributed by atoms with Crippen molar-refractivity contribution in [1.82, 2.24) is 15.2 Å². The zero-order chi connectivity index (χ0) is 27.9. The SMILES string of the molecule is CN(CCC=O)C(=O)N1N=C(c2cc(F)ccc2F)S[C@@]1(CCCNC(=O)OC(C)(C)C)c1ccccc1. The van der Waals surface area contributed by atoms with Crippen LogP contribution >= 0.6 is 11.8 Å². The molecule has 0 saturated carbocycles. The first-order valence-corrected chi connectivity index (χ1v) is 13.0. The molecule has 1 heterocycles. The summed E-state index contributed by atoms with van der Waals surface area (Å²) in [6.45, 7) is 5.70. The van der Waals surface area contributed by atoms with Crippen molar-refractivity contribution < 1.29 is 27.9 Å². The molecule has 0 fully saturated rings. The molecular formula is C27H32F2N4O4S. The van der Waals surface area contributed by atoms with E-state index >= 15 is 0 Å². The van der Waals surface area contributed by atoms with Gasteiger partial charge in [-0.05, 0) is 57.4 Å². The molecule has 0 saturated heterocycles. The summed E-state index contributed by atoms with van der Waals surface area (Å²) in [6, 6.07) is 11.7. The molecule has 0 aromatic heterocycles. The van der Waals surface area contributed by atoms with E-state index in [1.54, 1.807) is 27.8 Å². The molecular weight excluding hydrogens is 514 g/mol. The number of aldehydes is 1. The van der Waals surface area contributed by atoms with Crippen LogP contribution in [0.1, 0.15) is 51.2 Å². The van der Waals surface area contributed by atoms with Crippen LogP contribution in [-0.2, 0) is 14.4 Å². The number of thioether (sulfide) groups is 1. The number of carbonyl (C=O) groups is 3. The summed E-state index contributed by atoms with van der Waals surface area (Å²) in [5.74, 6) is -1.31. The zero-order valence-electron chi connectivity index (χ0n) is 21.9. The fourth-order valence-electron chi connectivity index (χ4n) is 3.88. The van der Waals surface area contributed by atoms with Crippen molar-refractivity contribution in [1.29, 1.82) is 0 Å². The molecule has 2 aromatic carbocycles. The lowest BCUT2D eigenvalue weighted by molar-refractivity contribution is -0.108. The predicted octanol–water partition coefficient (Wildman–Crippen LogP) is 5.47. The topological polar surface area (TPSA) is 91.3 Å². The lowest BCUT2D eigenvalue weighted by atomic mass is 10.0. The zero-order valence-corrected chi connectivity index (χ0v) is 22.7. The number of ether oxygens (including phenoxy) is 1. The van der Waals surface area contributed by atoms with Crippen molar-refractivity contribution in [2.75, 3.05) is 20.1 Å². The van der Waals surface area contributed by atoms with E-state index in [0.717, 1.165) is 35.5 Å². The minimum absolute atomic E-state index is 0.0620. The molecule has 3 rings (SSSR count). The fourth-order valence-corrected chi connectivity index (χ4v) is 5.29. The number of alkyl carbamates (subject to hydrolysis) is 1. The summed E-state index contributed by atoms with van der Waals surface area (Å²) >= 11 is 1.14. The van der Waals surface area contributed by atoms with Gasteiger partial charge in [0.2, 0.25) is 0 Å². The molecule has 38 heavy (non-hydrogen) atoms. The maximum absolute atomic E-state index is 14.8. The smallest absolute Gasteiger partial charge is 0.407 e. The Balaban J connectivity index is 1.97. The Morgan fingerprint density at radius 1 is 1.18 bits per heavy atom. The monoisotopic (exact) mass is 546 g/mol. The molecule has 8 nitrogen and oxygen atoms in total. The van der Waals surface area contributed by atoms with E-state index in [2.05, 4.69) is 10.4 Å². The third-order valence-corrected chi connectivity index (χ3v) is 7.08. The number of hydrazone groups is 1. The number of carbonyl (C=O) groups excluding carboxylic acids is 3. The number of halogens is 2. The van der Waals surface area contributed by atoms with Gasteiger partial charge in [-0.2, -0.15) is 10.1 Å². The van der Waals surface area contributed by atoms with Crippen molar-refractivity contribution >= 4 is 35.2 Å². The van der Waals surface area contributed by atoms with Crippen LogP contribution in [0.3, 0.4) is 0 Å². The number of hydrogen-bond acceptors (Lipinski definition) is 6. The number of amides is 3. The van der Waals surface area contributed by atoms with Gasteiger partial charge in [0.25, 0.3) is 0 Å². The van der Waals surface area contributed by atoms with Crippen LogP contribution in [0.15, 0.2) is 53.6 Å². The van der Waals surface area contributed by atoms with Gasteiger partial charge in [0, 0.05) is 32.1 Å². The molecule has 1 atom stereocenters. The van der Waals surface area contributed by atoms with Gasteiger partial charge in [0.15, 0.2) is 0 Å². The maximum Gasteiger partial charge on any atom is 0.407 e. The largest absolute Gasteiger partial charge is 0.444 e. The van der Waals surface area contributed by atoms with Crippen LogP contribution in [-0.4, -0.2) is 59.1 Å². The summed E-state index contributed by atoms with van der Waals surface area (Å²) in [5.41, 5.74) is 0.00649. The standard InChI is InChI=1S/C27H32F2N4O4S/c1-26(2,3)37-24(35)30-15-8-14-27(19-10-6-5-7-11-19)33(25(36)32(4)16-9-17-34)31-23(38-27)21-18-20(28)12-13-22(21)29/h5-7,10-13,17-18H,8-9,14-16H2,1-4H3,(H,30,35)/t27-/m0/s1. The Hall–Kier alpha value is -3.47. The van der Waals surface area contributed by atoms with Gasteiger partial charge < -0.3 is 19.7 Å². The van der Waals surface area contributed by atoms with Crippen LogP contribution in [0, 0.1) is 11.6 Å². The average molecular weight is 547 g/mol. The van der Waals surface area contributed by atoms with Gasteiger partial charge in [-0.15, -0.1) is 0 Å². The summed E-state index contributed by atoms with van der Waals surface area (Å²) in [4.78, 5) is 36.9. The molecule has 0 bridgehead atoms. The molecule has 1 N–H and O–H groups in total. The van der Waals surface area contributed by atoms with Crippen molar-refractivity contribution in [3.8, 4) is 0 Å². The second kappa shape index (κ2) is 12.4. The maximum atomic E-state index is 14.8. The van der Waals surface area contributed by atoms with E-state index in [9.17, 15) is 23.2 Å². The second-order valence-electron chi connectivity index (χ2n) is 9.79. The van der Waals surface area contributed by atoms with E-state index in [0.29, 0.717) is 19.1 Å². The van der Waals surface area contributed by atoms with Crippen LogP contribution in [0.4, 0.5) is 18.4 Å². The molecule has 2 aromatic rings. The minimum Gasteiger partial charge on any atom is -0.444 e. The highest BCUT2D eigenvalue weighted by Gasteiger charge is 2.49. The predicted molar refractivity (Wildman–Crippen MR) is 143 cm³/mol. The van der Waals surface area contributed by atoms with Gasteiger partial charge >= 0.3 is 12.1 Å². The first kappa shape index (κ1) is 29.1. The number of nitrogens with zero attached hydrogens (tertiary/aromatic N) is 3. The molecule has 0 radical (unpaired) electrons. The van der Waals surface area contributed by atoms with Gasteiger partial charge in [-0.3, -0.25) is 0 Å². The van der Waals surface area contributed by atoms with Gasteiger partial charge in [0.1, 0.15) is 33.4 Å². The molecule has 1 aliphatic rings. The fraction of sp³-hybridized carbons (Fsp3) is 0.407. The van der Waals surface area contributed by atoms with Gasteiger partial charge in [0.05, 0.1) is 0 Å². The summed E-state index contributed by atoms with van der Waals surface area (Å²) in [7, 11) is 1.55. The number of urea groups is 1. The molecule has 0 spiro atoms. The van der Waals surface area contributed by atoms with E-state index in [-0.39, 0.29) is 30.1 Å². The lowest BCUT2D eigenvalue weighted by Crippen LogP contribution is -2.47. The summed E-state index contributed by atoms with van der Waals surface area (Å²) < 4.78 is 34.2. The highest BCUT2D eigenvalue weighted by molar-refractivity contribution is 8.15. The minimum atomic E-state index is -1.13. The third kappa shape index (κ3) is 7.09. The normalized spacial score (nSPS) is 17.1. The second-order valence-corrected chi connectivity index (χ2v) is 11.1. The molecule has 11 heteroatoms. The lowest BCUT2D eigenvalue weighted by Gasteiger charge is -2.37.